The Labute approximate surface area is 82.1 Å². The predicted octanol–water partition coefficient (Wildman–Crippen LogP) is -1.32. The van der Waals surface area contributed by atoms with E-state index in [4.69, 9.17) is 15.9 Å². The summed E-state index contributed by atoms with van der Waals surface area (Å²) in [5.74, 6) is -1.87. The van der Waals surface area contributed by atoms with Crippen LogP contribution in [0.5, 0.6) is 0 Å². The Morgan fingerprint density at radius 2 is 2.07 bits per heavy atom. The Morgan fingerprint density at radius 1 is 1.57 bits per heavy atom. The van der Waals surface area contributed by atoms with Crippen molar-refractivity contribution >= 4 is 11.9 Å². The first-order valence-electron chi connectivity index (χ1n) is 4.28. The van der Waals surface area contributed by atoms with E-state index in [-0.39, 0.29) is 0 Å². The number of aliphatic hydroxyl groups is 1. The van der Waals surface area contributed by atoms with Gasteiger partial charge in [-0.2, -0.15) is 0 Å². The van der Waals surface area contributed by atoms with Crippen LogP contribution in [0.25, 0.3) is 0 Å². The molecule has 0 radical (unpaired) electrons. The Bertz CT molecular complexity index is 227. The number of nitrogens with one attached hydrogen (secondary N) is 1. The fourth-order valence-corrected chi connectivity index (χ4v) is 0.669. The maximum Gasteiger partial charge on any atom is 0.328 e. The summed E-state index contributed by atoms with van der Waals surface area (Å²) in [5.41, 5.74) is 4.47. The molecule has 0 rings (SSSR count). The number of aliphatic hydroxyl groups excluding tert-OH is 1. The van der Waals surface area contributed by atoms with Crippen molar-refractivity contribution in [1.82, 2.24) is 5.32 Å². The van der Waals surface area contributed by atoms with Crippen LogP contribution in [0.2, 0.25) is 0 Å². The maximum absolute atomic E-state index is 11.4. The van der Waals surface area contributed by atoms with Crippen LogP contribution in [0.4, 0.5) is 0 Å². The molecule has 0 bridgehead atoms. The van der Waals surface area contributed by atoms with E-state index >= 15 is 0 Å². The van der Waals surface area contributed by atoms with E-state index in [9.17, 15) is 9.59 Å². The van der Waals surface area contributed by atoms with Crippen LogP contribution in [0.15, 0.2) is 0 Å². The Morgan fingerprint density at radius 3 is 2.36 bits per heavy atom. The zero-order valence-corrected chi connectivity index (χ0v) is 8.28. The van der Waals surface area contributed by atoms with Crippen LogP contribution >= 0.6 is 0 Å². The highest BCUT2D eigenvalue weighted by Crippen LogP contribution is 2.04. The molecule has 1 unspecified atom stereocenters. The van der Waals surface area contributed by atoms with Gasteiger partial charge in [-0.05, 0) is 13.3 Å². The number of carbonyl (C=O) groups is 2. The lowest BCUT2D eigenvalue weighted by Crippen LogP contribution is -2.56. The van der Waals surface area contributed by atoms with Crippen LogP contribution in [0, 0.1) is 0 Å². The summed E-state index contributed by atoms with van der Waals surface area (Å²) in [6.45, 7) is 2.56. The van der Waals surface area contributed by atoms with Crippen molar-refractivity contribution in [1.29, 1.82) is 0 Å². The highest BCUT2D eigenvalue weighted by Gasteiger charge is 2.29. The SMILES string of the molecule is CCC(C)(N)C(=O)N[C@H](CO)C(=O)O. The number of hydrogen-bond donors (Lipinski definition) is 4. The zero-order valence-electron chi connectivity index (χ0n) is 8.28. The van der Waals surface area contributed by atoms with E-state index in [1.54, 1.807) is 6.92 Å². The van der Waals surface area contributed by atoms with Crippen molar-refractivity contribution in [2.45, 2.75) is 31.8 Å². The molecular weight excluding hydrogens is 188 g/mol. The molecule has 0 saturated carbocycles. The van der Waals surface area contributed by atoms with E-state index in [1.165, 1.54) is 6.92 Å². The van der Waals surface area contributed by atoms with Crippen LogP contribution in [0.1, 0.15) is 20.3 Å². The van der Waals surface area contributed by atoms with Gasteiger partial charge in [0.15, 0.2) is 0 Å². The number of carbonyl (C=O) groups excluding carboxylic acids is 1. The fraction of sp³-hybridized carbons (Fsp3) is 0.750. The summed E-state index contributed by atoms with van der Waals surface area (Å²) in [7, 11) is 0. The molecule has 0 fully saturated rings. The molecule has 1 amide bonds. The van der Waals surface area contributed by atoms with Gasteiger partial charge < -0.3 is 21.3 Å². The van der Waals surface area contributed by atoms with E-state index in [1.807, 2.05) is 0 Å². The molecule has 0 aromatic heterocycles. The average Bonchev–Trinajstić information content (AvgIpc) is 2.12. The van der Waals surface area contributed by atoms with E-state index in [0.717, 1.165) is 0 Å². The molecule has 6 heteroatoms. The molecule has 0 aromatic carbocycles. The lowest BCUT2D eigenvalue weighted by Gasteiger charge is -2.23. The molecule has 0 aliphatic carbocycles. The smallest absolute Gasteiger partial charge is 0.328 e. The second-order valence-corrected chi connectivity index (χ2v) is 3.32. The zero-order chi connectivity index (χ0) is 11.4. The molecule has 6 nitrogen and oxygen atoms in total. The van der Waals surface area contributed by atoms with Crippen LogP contribution in [0.3, 0.4) is 0 Å². The minimum atomic E-state index is -1.29. The first-order chi connectivity index (χ1) is 6.35. The van der Waals surface area contributed by atoms with Crippen molar-refractivity contribution in [3.8, 4) is 0 Å². The quantitative estimate of drug-likeness (QED) is 0.443. The molecule has 82 valence electrons. The number of aliphatic carboxylic acids is 1. The van der Waals surface area contributed by atoms with E-state index in [0.29, 0.717) is 6.42 Å². The highest BCUT2D eigenvalue weighted by molar-refractivity contribution is 5.89. The summed E-state index contributed by atoms with van der Waals surface area (Å²) >= 11 is 0. The first kappa shape index (κ1) is 12.9. The van der Waals surface area contributed by atoms with Gasteiger partial charge in [-0.1, -0.05) is 6.92 Å². The summed E-state index contributed by atoms with van der Waals surface area (Å²) < 4.78 is 0. The van der Waals surface area contributed by atoms with Gasteiger partial charge in [-0.25, -0.2) is 4.79 Å². The van der Waals surface area contributed by atoms with E-state index < -0.39 is 30.1 Å². The van der Waals surface area contributed by atoms with Gasteiger partial charge in [0.1, 0.15) is 6.04 Å². The third kappa shape index (κ3) is 3.31. The summed E-state index contributed by atoms with van der Waals surface area (Å²) in [6.07, 6.45) is 0.386. The monoisotopic (exact) mass is 204 g/mol. The average molecular weight is 204 g/mol. The van der Waals surface area contributed by atoms with Gasteiger partial charge in [0.2, 0.25) is 5.91 Å². The van der Waals surface area contributed by atoms with Gasteiger partial charge >= 0.3 is 5.97 Å². The molecule has 0 aliphatic rings. The lowest BCUT2D eigenvalue weighted by molar-refractivity contribution is -0.143. The van der Waals surface area contributed by atoms with Gasteiger partial charge in [-0.15, -0.1) is 0 Å². The highest BCUT2D eigenvalue weighted by atomic mass is 16.4. The minimum absolute atomic E-state index is 0.386. The predicted molar refractivity (Wildman–Crippen MR) is 49.5 cm³/mol. The van der Waals surface area contributed by atoms with Crippen LogP contribution in [-0.2, 0) is 9.59 Å². The lowest BCUT2D eigenvalue weighted by atomic mass is 9.99. The van der Waals surface area contributed by atoms with Gasteiger partial charge in [0.25, 0.3) is 0 Å². The molecule has 2 atom stereocenters. The van der Waals surface area contributed by atoms with Crippen LogP contribution in [-0.4, -0.2) is 40.3 Å². The fourth-order valence-electron chi connectivity index (χ4n) is 0.669. The van der Waals surface area contributed by atoms with E-state index in [2.05, 4.69) is 5.32 Å². The third-order valence-corrected chi connectivity index (χ3v) is 2.04. The van der Waals surface area contributed by atoms with Gasteiger partial charge in [0.05, 0.1) is 12.1 Å². The topological polar surface area (TPSA) is 113 Å². The van der Waals surface area contributed by atoms with Crippen molar-refractivity contribution in [2.75, 3.05) is 6.61 Å². The normalized spacial score (nSPS) is 16.9. The Hall–Kier alpha value is -1.14. The second kappa shape index (κ2) is 4.92. The van der Waals surface area contributed by atoms with Gasteiger partial charge in [0, 0.05) is 0 Å². The molecule has 5 N–H and O–H groups in total. The standard InChI is InChI=1S/C8H16N2O4/c1-3-8(2,9)7(14)10-5(4-11)6(12)13/h5,11H,3-4,9H2,1-2H3,(H,10,14)(H,12,13)/t5-,8?/m1/s1. The largest absolute Gasteiger partial charge is 0.480 e. The van der Waals surface area contributed by atoms with Crippen molar-refractivity contribution in [3.05, 3.63) is 0 Å². The van der Waals surface area contributed by atoms with Crippen molar-refractivity contribution in [3.63, 3.8) is 0 Å². The summed E-state index contributed by atoms with van der Waals surface area (Å²) in [4.78, 5) is 21.8. The molecule has 14 heavy (non-hydrogen) atoms. The third-order valence-electron chi connectivity index (χ3n) is 2.04. The van der Waals surface area contributed by atoms with Crippen LogP contribution < -0.4 is 11.1 Å². The number of carboxylic acids is 1. The molecular formula is C8H16N2O4. The molecule has 0 spiro atoms. The summed E-state index contributed by atoms with van der Waals surface area (Å²) in [5, 5.41) is 19.3. The molecule has 0 saturated heterocycles. The number of hydrogen-bond acceptors (Lipinski definition) is 4. The Balaban J connectivity index is 4.37. The number of rotatable bonds is 5. The summed E-state index contributed by atoms with van der Waals surface area (Å²) in [6, 6.07) is -1.29. The second-order valence-electron chi connectivity index (χ2n) is 3.32. The molecule has 0 aromatic rings. The molecule has 0 heterocycles. The number of amides is 1. The molecule has 0 aliphatic heterocycles. The van der Waals surface area contributed by atoms with Crippen molar-refractivity contribution < 1.29 is 19.8 Å². The van der Waals surface area contributed by atoms with Crippen molar-refractivity contribution in [2.24, 2.45) is 5.73 Å². The number of carboxylic acid groups (broad SMARTS) is 1. The van der Waals surface area contributed by atoms with Gasteiger partial charge in [-0.3, -0.25) is 4.79 Å². The first-order valence-corrected chi connectivity index (χ1v) is 4.28. The minimum Gasteiger partial charge on any atom is -0.480 e. The number of nitrogens with two attached hydrogens (primary N) is 1. The maximum atomic E-state index is 11.4. The Kier molecular flexibility index (Phi) is 4.52.